The van der Waals surface area contributed by atoms with Crippen molar-refractivity contribution < 1.29 is 9.53 Å². The number of carbonyl (C=O) groups is 1. The predicted octanol–water partition coefficient (Wildman–Crippen LogP) is 5.58. The van der Waals surface area contributed by atoms with E-state index < -0.39 is 0 Å². The molecule has 2 fully saturated rings. The third kappa shape index (κ3) is 6.96. The fraction of sp³-hybridized carbons (Fsp3) is 0.433. The van der Waals surface area contributed by atoms with Gasteiger partial charge in [-0.1, -0.05) is 30.3 Å². The van der Waals surface area contributed by atoms with Crippen LogP contribution in [-0.4, -0.2) is 49.6 Å². The lowest BCUT2D eigenvalue weighted by Crippen LogP contribution is -2.34. The van der Waals surface area contributed by atoms with Crippen molar-refractivity contribution in [2.24, 2.45) is 5.92 Å². The number of benzene rings is 2. The van der Waals surface area contributed by atoms with Gasteiger partial charge in [-0.2, -0.15) is 0 Å². The van der Waals surface area contributed by atoms with Crippen molar-refractivity contribution in [2.45, 2.75) is 44.8 Å². The summed E-state index contributed by atoms with van der Waals surface area (Å²) in [4.78, 5) is 17.2. The van der Waals surface area contributed by atoms with E-state index in [0.29, 0.717) is 12.0 Å². The molecule has 6 heteroatoms. The van der Waals surface area contributed by atoms with Crippen LogP contribution in [0.2, 0.25) is 0 Å². The molecule has 2 N–H and O–H groups in total. The van der Waals surface area contributed by atoms with Crippen LogP contribution in [0.3, 0.4) is 0 Å². The van der Waals surface area contributed by atoms with E-state index in [1.165, 1.54) is 18.4 Å². The molecular weight excluding hydrogens is 466 g/mol. The Morgan fingerprint density at radius 1 is 0.944 bits per heavy atom. The van der Waals surface area contributed by atoms with Crippen molar-refractivity contribution >= 4 is 17.2 Å². The van der Waals surface area contributed by atoms with Gasteiger partial charge in [0.15, 0.2) is 0 Å². The van der Waals surface area contributed by atoms with E-state index in [2.05, 4.69) is 58.0 Å². The minimum Gasteiger partial charge on any atom is -0.490 e. The van der Waals surface area contributed by atoms with Crippen molar-refractivity contribution in [2.75, 3.05) is 32.7 Å². The first-order valence-electron chi connectivity index (χ1n) is 13.3. The number of piperidine rings is 2. The van der Waals surface area contributed by atoms with Gasteiger partial charge in [0.1, 0.15) is 11.9 Å². The molecule has 0 spiro atoms. The highest BCUT2D eigenvalue weighted by molar-refractivity contribution is 7.17. The number of rotatable bonds is 9. The summed E-state index contributed by atoms with van der Waals surface area (Å²) in [5.41, 5.74) is 2.51. The molecule has 0 radical (unpaired) electrons. The molecule has 1 amide bonds. The molecule has 5 rings (SSSR count). The number of amides is 1. The number of thiophene rings is 1. The van der Waals surface area contributed by atoms with Crippen LogP contribution < -0.4 is 15.4 Å². The van der Waals surface area contributed by atoms with Crippen LogP contribution >= 0.6 is 11.3 Å². The summed E-state index contributed by atoms with van der Waals surface area (Å²) < 4.78 is 6.11. The van der Waals surface area contributed by atoms with E-state index in [1.807, 2.05) is 24.3 Å². The maximum absolute atomic E-state index is 12.7. The highest BCUT2D eigenvalue weighted by Crippen LogP contribution is 2.30. The lowest BCUT2D eigenvalue weighted by molar-refractivity contribution is 0.0951. The predicted molar refractivity (Wildman–Crippen MR) is 148 cm³/mol. The van der Waals surface area contributed by atoms with E-state index in [0.717, 1.165) is 79.6 Å². The topological polar surface area (TPSA) is 53.6 Å². The van der Waals surface area contributed by atoms with Crippen LogP contribution in [-0.2, 0) is 6.54 Å². The molecule has 2 aliphatic rings. The van der Waals surface area contributed by atoms with Crippen molar-refractivity contribution in [3.05, 3.63) is 77.2 Å². The van der Waals surface area contributed by atoms with E-state index in [9.17, 15) is 4.79 Å². The second-order valence-electron chi connectivity index (χ2n) is 10.0. The third-order valence-electron chi connectivity index (χ3n) is 7.35. The summed E-state index contributed by atoms with van der Waals surface area (Å²) in [7, 11) is 0. The van der Waals surface area contributed by atoms with Crippen LogP contribution in [0.25, 0.3) is 10.4 Å². The van der Waals surface area contributed by atoms with Crippen LogP contribution in [0, 0.1) is 5.92 Å². The molecule has 36 heavy (non-hydrogen) atoms. The number of nitrogens with zero attached hydrogens (tertiary/aromatic N) is 1. The Bertz CT molecular complexity index is 1080. The molecule has 0 saturated carbocycles. The average Bonchev–Trinajstić information content (AvgIpc) is 3.42. The monoisotopic (exact) mass is 503 g/mol. The number of carbonyl (C=O) groups excluding carboxylic acids is 1. The van der Waals surface area contributed by atoms with Gasteiger partial charge in [0.05, 0.1) is 4.88 Å². The summed E-state index contributed by atoms with van der Waals surface area (Å²) in [6.45, 7) is 6.12. The Hall–Kier alpha value is -2.67. The largest absolute Gasteiger partial charge is 0.490 e. The summed E-state index contributed by atoms with van der Waals surface area (Å²) in [5, 5.41) is 6.52. The number of nitrogens with one attached hydrogen (secondary N) is 2. The summed E-state index contributed by atoms with van der Waals surface area (Å²) >= 11 is 1.56. The van der Waals surface area contributed by atoms with Crippen LogP contribution in [0.5, 0.6) is 5.75 Å². The second-order valence-corrected chi connectivity index (χ2v) is 11.1. The fourth-order valence-electron chi connectivity index (χ4n) is 5.17. The molecule has 5 nitrogen and oxygen atoms in total. The van der Waals surface area contributed by atoms with Gasteiger partial charge in [-0.15, -0.1) is 11.3 Å². The molecule has 0 aliphatic carbocycles. The molecule has 2 aromatic carbocycles. The van der Waals surface area contributed by atoms with Gasteiger partial charge in [-0.05, 0) is 112 Å². The van der Waals surface area contributed by atoms with Crippen LogP contribution in [0.1, 0.15) is 47.3 Å². The van der Waals surface area contributed by atoms with Gasteiger partial charge >= 0.3 is 0 Å². The molecule has 0 bridgehead atoms. The lowest BCUT2D eigenvalue weighted by Gasteiger charge is -2.32. The van der Waals surface area contributed by atoms with Gasteiger partial charge in [-0.25, -0.2) is 0 Å². The van der Waals surface area contributed by atoms with Crippen LogP contribution in [0.15, 0.2) is 66.7 Å². The number of ether oxygens (including phenoxy) is 1. The molecule has 0 unspecified atom stereocenters. The van der Waals surface area contributed by atoms with Gasteiger partial charge < -0.3 is 15.4 Å². The first-order chi connectivity index (χ1) is 17.7. The quantitative estimate of drug-likeness (QED) is 0.400. The second kappa shape index (κ2) is 12.5. The minimum absolute atomic E-state index is 0.0404. The molecule has 3 aromatic rings. The molecule has 3 heterocycles. The average molecular weight is 504 g/mol. The van der Waals surface area contributed by atoms with E-state index >= 15 is 0 Å². The zero-order chi connectivity index (χ0) is 24.6. The van der Waals surface area contributed by atoms with E-state index in [4.69, 9.17) is 4.74 Å². The number of hydrogen-bond acceptors (Lipinski definition) is 5. The molecule has 2 saturated heterocycles. The summed E-state index contributed by atoms with van der Waals surface area (Å²) in [5.74, 6) is 1.66. The van der Waals surface area contributed by atoms with Gasteiger partial charge in [-0.3, -0.25) is 9.69 Å². The highest BCUT2D eigenvalue weighted by atomic mass is 32.1. The summed E-state index contributed by atoms with van der Waals surface area (Å²) in [6.07, 6.45) is 5.89. The molecular formula is C30H37N3O2S. The van der Waals surface area contributed by atoms with Gasteiger partial charge in [0.2, 0.25) is 0 Å². The molecule has 0 atom stereocenters. The normalized spacial score (nSPS) is 17.7. The Morgan fingerprint density at radius 2 is 1.69 bits per heavy atom. The van der Waals surface area contributed by atoms with Gasteiger partial charge in [0, 0.05) is 18.0 Å². The minimum atomic E-state index is 0.0404. The maximum atomic E-state index is 12.7. The zero-order valence-corrected chi connectivity index (χ0v) is 21.8. The van der Waals surface area contributed by atoms with Crippen molar-refractivity contribution in [3.8, 4) is 16.2 Å². The Balaban J connectivity index is 1.03. The van der Waals surface area contributed by atoms with Crippen molar-refractivity contribution in [1.29, 1.82) is 0 Å². The van der Waals surface area contributed by atoms with Crippen molar-refractivity contribution in [1.82, 2.24) is 15.5 Å². The summed E-state index contributed by atoms with van der Waals surface area (Å²) in [6, 6.07) is 23.0. The standard InChI is InChI=1S/C30H37N3O2S/c34-30(32-19-12-23-15-20-33(21-16-23)22-24-4-2-1-3-5-24)29-11-10-28(36-29)25-6-8-26(9-7-25)35-27-13-17-31-18-14-27/h1-11,23,27,31H,12-22H2,(H,32,34). The number of hydrogen-bond donors (Lipinski definition) is 2. The zero-order valence-electron chi connectivity index (χ0n) is 21.0. The Morgan fingerprint density at radius 3 is 2.44 bits per heavy atom. The fourth-order valence-corrected chi connectivity index (χ4v) is 6.10. The van der Waals surface area contributed by atoms with Gasteiger partial charge in [0.25, 0.3) is 5.91 Å². The molecule has 2 aliphatic heterocycles. The third-order valence-corrected chi connectivity index (χ3v) is 8.48. The van der Waals surface area contributed by atoms with Crippen LogP contribution in [0.4, 0.5) is 0 Å². The first kappa shape index (κ1) is 25.0. The highest BCUT2D eigenvalue weighted by Gasteiger charge is 2.20. The lowest BCUT2D eigenvalue weighted by atomic mass is 9.93. The first-order valence-corrected chi connectivity index (χ1v) is 14.2. The van der Waals surface area contributed by atoms with E-state index in [1.54, 1.807) is 11.3 Å². The number of likely N-dealkylation sites (tertiary alicyclic amines) is 1. The Labute approximate surface area is 218 Å². The SMILES string of the molecule is O=C(NCCC1CCN(Cc2ccccc2)CC1)c1ccc(-c2ccc(OC3CCNCC3)cc2)s1. The smallest absolute Gasteiger partial charge is 0.261 e. The van der Waals surface area contributed by atoms with E-state index in [-0.39, 0.29) is 5.91 Å². The van der Waals surface area contributed by atoms with Crippen molar-refractivity contribution in [3.63, 3.8) is 0 Å². The Kier molecular flexibility index (Phi) is 8.70. The molecule has 190 valence electrons. The maximum Gasteiger partial charge on any atom is 0.261 e. The molecule has 1 aromatic heterocycles.